The Balaban J connectivity index is 1.69. The molecule has 3 N–H and O–H groups in total. The number of hydrogen-bond acceptors (Lipinski definition) is 4. The second kappa shape index (κ2) is 9.08. The molecule has 0 fully saturated rings. The Morgan fingerprint density at radius 3 is 2.36 bits per heavy atom. The maximum absolute atomic E-state index is 13.3. The van der Waals surface area contributed by atoms with Gasteiger partial charge in [0.25, 0.3) is 5.91 Å². The molecule has 4 rings (SSSR count). The van der Waals surface area contributed by atoms with E-state index in [1.54, 1.807) is 0 Å². The number of carbonyl (C=O) groups excluding carboxylic acids is 1. The number of benzene rings is 2. The minimum absolute atomic E-state index is 0.184. The van der Waals surface area contributed by atoms with Gasteiger partial charge in [-0.05, 0) is 57.5 Å². The third-order valence-corrected chi connectivity index (χ3v) is 5.63. The molecule has 0 spiro atoms. The highest BCUT2D eigenvalue weighted by molar-refractivity contribution is 6.06. The highest BCUT2D eigenvalue weighted by Crippen LogP contribution is 2.29. The number of aliphatic hydroxyl groups is 1. The van der Waals surface area contributed by atoms with Crippen LogP contribution in [0.2, 0.25) is 0 Å². The minimum Gasteiger partial charge on any atom is -0.394 e. The number of carbonyl (C=O) groups is 1. The van der Waals surface area contributed by atoms with Gasteiger partial charge in [0.1, 0.15) is 11.5 Å². The van der Waals surface area contributed by atoms with Crippen LogP contribution >= 0.6 is 0 Å². The lowest BCUT2D eigenvalue weighted by molar-refractivity contribution is 0.0917. The zero-order valence-electron chi connectivity index (χ0n) is 19.5. The van der Waals surface area contributed by atoms with Crippen molar-refractivity contribution in [1.29, 1.82) is 0 Å². The average molecular weight is 443 g/mol. The number of aromatic nitrogens is 2. The van der Waals surface area contributed by atoms with Crippen molar-refractivity contribution in [3.8, 4) is 0 Å². The number of hydrogen-bond donors (Lipinski definition) is 3. The van der Waals surface area contributed by atoms with Crippen LogP contribution in [0.25, 0.3) is 11.0 Å². The van der Waals surface area contributed by atoms with Crippen LogP contribution in [0.1, 0.15) is 48.3 Å². The predicted octanol–water partition coefficient (Wildman–Crippen LogP) is 5.31. The number of aliphatic hydroxyl groups excluding tert-OH is 1. The SMILES string of the molecule is Cc1ccc(Nc2ccc3c(C(=O)N[C@H](CO)c4ccccc4)cn(C(C)(C)C)c3n2)cc1. The van der Waals surface area contributed by atoms with E-state index in [1.807, 2.05) is 77.5 Å². The first-order valence-corrected chi connectivity index (χ1v) is 11.1. The molecule has 4 aromatic rings. The molecular formula is C27H30N4O2. The normalized spacial score (nSPS) is 12.5. The molecule has 33 heavy (non-hydrogen) atoms. The lowest BCUT2D eigenvalue weighted by Gasteiger charge is -2.22. The van der Waals surface area contributed by atoms with E-state index in [0.29, 0.717) is 11.4 Å². The van der Waals surface area contributed by atoms with Gasteiger partial charge < -0.3 is 20.3 Å². The van der Waals surface area contributed by atoms with Crippen LogP contribution in [0.3, 0.4) is 0 Å². The molecule has 2 heterocycles. The third-order valence-electron chi connectivity index (χ3n) is 5.63. The molecule has 0 unspecified atom stereocenters. The van der Waals surface area contributed by atoms with E-state index in [0.717, 1.165) is 22.3 Å². The summed E-state index contributed by atoms with van der Waals surface area (Å²) in [5.74, 6) is 0.464. The van der Waals surface area contributed by atoms with Crippen LogP contribution < -0.4 is 10.6 Å². The van der Waals surface area contributed by atoms with Crippen LogP contribution in [0.4, 0.5) is 11.5 Å². The molecule has 0 radical (unpaired) electrons. The molecular weight excluding hydrogens is 412 g/mol. The maximum Gasteiger partial charge on any atom is 0.254 e. The topological polar surface area (TPSA) is 79.2 Å². The van der Waals surface area contributed by atoms with E-state index in [1.165, 1.54) is 5.56 Å². The quantitative estimate of drug-likeness (QED) is 0.378. The van der Waals surface area contributed by atoms with Gasteiger partial charge in [0.15, 0.2) is 0 Å². The number of aryl methyl sites for hydroxylation is 1. The van der Waals surface area contributed by atoms with E-state index in [-0.39, 0.29) is 18.1 Å². The lowest BCUT2D eigenvalue weighted by atomic mass is 10.1. The lowest BCUT2D eigenvalue weighted by Crippen LogP contribution is -2.30. The van der Waals surface area contributed by atoms with Gasteiger partial charge in [0.2, 0.25) is 0 Å². The third kappa shape index (κ3) is 4.91. The molecule has 170 valence electrons. The second-order valence-corrected chi connectivity index (χ2v) is 9.26. The Morgan fingerprint density at radius 1 is 1.03 bits per heavy atom. The van der Waals surface area contributed by atoms with Crippen LogP contribution in [0.5, 0.6) is 0 Å². The fourth-order valence-electron chi connectivity index (χ4n) is 3.80. The second-order valence-electron chi connectivity index (χ2n) is 9.26. The standard InChI is InChI=1S/C27H30N4O2/c1-18-10-12-20(13-11-18)28-24-15-14-21-22(16-31(25(21)30-24)27(2,3)4)26(33)29-23(17-32)19-8-6-5-7-9-19/h5-16,23,32H,17H2,1-4H3,(H,28,30)(H,29,33)/t23-/m1/s1. The van der Waals surface area contributed by atoms with Gasteiger partial charge in [-0.2, -0.15) is 0 Å². The largest absolute Gasteiger partial charge is 0.394 e. The number of pyridine rings is 1. The van der Waals surface area contributed by atoms with E-state index in [9.17, 15) is 9.90 Å². The molecule has 0 bridgehead atoms. The Kier molecular flexibility index (Phi) is 6.20. The first-order valence-electron chi connectivity index (χ1n) is 11.1. The Bertz CT molecular complexity index is 1260. The van der Waals surface area contributed by atoms with Crippen molar-refractivity contribution in [1.82, 2.24) is 14.9 Å². The molecule has 6 nitrogen and oxygen atoms in total. The van der Waals surface area contributed by atoms with E-state index in [4.69, 9.17) is 4.98 Å². The summed E-state index contributed by atoms with van der Waals surface area (Å²) >= 11 is 0. The number of fused-ring (bicyclic) bond motifs is 1. The van der Waals surface area contributed by atoms with Crippen molar-refractivity contribution in [2.75, 3.05) is 11.9 Å². The van der Waals surface area contributed by atoms with Crippen molar-refractivity contribution in [3.63, 3.8) is 0 Å². The summed E-state index contributed by atoms with van der Waals surface area (Å²) in [6, 6.07) is 20.9. The van der Waals surface area contributed by atoms with E-state index in [2.05, 4.69) is 38.3 Å². The van der Waals surface area contributed by atoms with Crippen molar-refractivity contribution in [2.24, 2.45) is 0 Å². The summed E-state index contributed by atoms with van der Waals surface area (Å²) in [5, 5.41) is 17.0. The van der Waals surface area contributed by atoms with Gasteiger partial charge in [-0.15, -0.1) is 0 Å². The highest BCUT2D eigenvalue weighted by atomic mass is 16.3. The molecule has 0 aliphatic rings. The first kappa shape index (κ1) is 22.6. The zero-order chi connectivity index (χ0) is 23.6. The number of anilines is 2. The van der Waals surface area contributed by atoms with E-state index >= 15 is 0 Å². The van der Waals surface area contributed by atoms with Gasteiger partial charge in [0, 0.05) is 22.8 Å². The van der Waals surface area contributed by atoms with Gasteiger partial charge in [-0.1, -0.05) is 48.0 Å². The smallest absolute Gasteiger partial charge is 0.254 e. The van der Waals surface area contributed by atoms with Gasteiger partial charge in [0.05, 0.1) is 18.2 Å². The monoisotopic (exact) mass is 442 g/mol. The summed E-state index contributed by atoms with van der Waals surface area (Å²) in [5.41, 5.74) is 3.98. The van der Waals surface area contributed by atoms with Gasteiger partial charge >= 0.3 is 0 Å². The van der Waals surface area contributed by atoms with Gasteiger partial charge in [-0.25, -0.2) is 4.98 Å². The fourth-order valence-corrected chi connectivity index (χ4v) is 3.80. The zero-order valence-corrected chi connectivity index (χ0v) is 19.5. The van der Waals surface area contributed by atoms with Crippen molar-refractivity contribution >= 4 is 28.4 Å². The maximum atomic E-state index is 13.3. The molecule has 2 aromatic heterocycles. The van der Waals surface area contributed by atoms with Crippen LogP contribution in [-0.2, 0) is 5.54 Å². The van der Waals surface area contributed by atoms with Crippen LogP contribution in [0.15, 0.2) is 72.9 Å². The highest BCUT2D eigenvalue weighted by Gasteiger charge is 2.24. The summed E-state index contributed by atoms with van der Waals surface area (Å²) in [7, 11) is 0. The van der Waals surface area contributed by atoms with E-state index < -0.39 is 6.04 Å². The summed E-state index contributed by atoms with van der Waals surface area (Å²) < 4.78 is 2.02. The van der Waals surface area contributed by atoms with Crippen molar-refractivity contribution in [3.05, 3.63) is 89.6 Å². The number of nitrogens with one attached hydrogen (secondary N) is 2. The van der Waals surface area contributed by atoms with Crippen LogP contribution in [-0.4, -0.2) is 27.2 Å². The average Bonchev–Trinajstić information content (AvgIpc) is 3.19. The molecule has 2 aromatic carbocycles. The molecule has 1 atom stereocenters. The molecule has 1 amide bonds. The Hall–Kier alpha value is -3.64. The summed E-state index contributed by atoms with van der Waals surface area (Å²) in [6.07, 6.45) is 1.85. The molecule has 0 aliphatic heterocycles. The number of nitrogens with zero attached hydrogens (tertiary/aromatic N) is 2. The Labute approximate surface area is 194 Å². The first-order chi connectivity index (χ1) is 15.8. The molecule has 0 saturated heterocycles. The fraction of sp³-hybridized carbons (Fsp3) is 0.259. The molecule has 0 aliphatic carbocycles. The summed E-state index contributed by atoms with van der Waals surface area (Å²) in [6.45, 7) is 8.11. The Morgan fingerprint density at radius 2 is 1.73 bits per heavy atom. The molecule has 6 heteroatoms. The predicted molar refractivity (Wildman–Crippen MR) is 133 cm³/mol. The molecule has 0 saturated carbocycles. The minimum atomic E-state index is -0.484. The van der Waals surface area contributed by atoms with Crippen molar-refractivity contribution in [2.45, 2.75) is 39.3 Å². The van der Waals surface area contributed by atoms with Gasteiger partial charge in [-0.3, -0.25) is 4.79 Å². The number of rotatable bonds is 6. The number of amides is 1. The van der Waals surface area contributed by atoms with Crippen molar-refractivity contribution < 1.29 is 9.90 Å². The van der Waals surface area contributed by atoms with Crippen LogP contribution in [0, 0.1) is 6.92 Å². The summed E-state index contributed by atoms with van der Waals surface area (Å²) in [4.78, 5) is 18.1.